The lowest BCUT2D eigenvalue weighted by atomic mass is 10.2. The van der Waals surface area contributed by atoms with Gasteiger partial charge in [-0.2, -0.15) is 0 Å². The Hall–Kier alpha value is -1.88. The summed E-state index contributed by atoms with van der Waals surface area (Å²) >= 11 is 3.32. The molecule has 0 spiro atoms. The Bertz CT molecular complexity index is 572. The SMILES string of the molecule is O=C(NCc1cccc(F)c1)Nc1ccc(Br)cc1. The van der Waals surface area contributed by atoms with Crippen molar-refractivity contribution >= 4 is 27.6 Å². The lowest BCUT2D eigenvalue weighted by Gasteiger charge is -2.07. The van der Waals surface area contributed by atoms with Gasteiger partial charge in [-0.1, -0.05) is 28.1 Å². The normalized spacial score (nSPS) is 10.0. The van der Waals surface area contributed by atoms with E-state index in [0.717, 1.165) is 4.47 Å². The van der Waals surface area contributed by atoms with Crippen molar-refractivity contribution in [2.45, 2.75) is 6.54 Å². The molecule has 0 bridgehead atoms. The largest absolute Gasteiger partial charge is 0.334 e. The minimum absolute atomic E-state index is 0.278. The third-order valence-corrected chi connectivity index (χ3v) is 2.97. The fourth-order valence-corrected chi connectivity index (χ4v) is 1.80. The average molecular weight is 323 g/mol. The van der Waals surface area contributed by atoms with Crippen molar-refractivity contribution in [3.8, 4) is 0 Å². The molecule has 19 heavy (non-hydrogen) atoms. The zero-order valence-electron chi connectivity index (χ0n) is 9.99. The van der Waals surface area contributed by atoms with E-state index in [0.29, 0.717) is 11.3 Å². The molecule has 0 fully saturated rings. The summed E-state index contributed by atoms with van der Waals surface area (Å²) in [6, 6.07) is 13.0. The van der Waals surface area contributed by atoms with Gasteiger partial charge in [0, 0.05) is 16.7 Å². The van der Waals surface area contributed by atoms with Gasteiger partial charge in [0.15, 0.2) is 0 Å². The Kier molecular flexibility index (Phi) is 4.52. The van der Waals surface area contributed by atoms with E-state index in [-0.39, 0.29) is 18.4 Å². The second kappa shape index (κ2) is 6.33. The number of halogens is 2. The van der Waals surface area contributed by atoms with Crippen LogP contribution in [-0.2, 0) is 6.54 Å². The van der Waals surface area contributed by atoms with Crippen LogP contribution in [-0.4, -0.2) is 6.03 Å². The van der Waals surface area contributed by atoms with Crippen molar-refractivity contribution in [1.29, 1.82) is 0 Å². The van der Waals surface area contributed by atoms with Crippen LogP contribution in [0.15, 0.2) is 53.0 Å². The molecule has 0 saturated heterocycles. The molecule has 2 aromatic rings. The number of carbonyl (C=O) groups is 1. The van der Waals surface area contributed by atoms with Crippen LogP contribution in [0.25, 0.3) is 0 Å². The maximum Gasteiger partial charge on any atom is 0.319 e. The molecule has 0 aliphatic heterocycles. The highest BCUT2D eigenvalue weighted by molar-refractivity contribution is 9.10. The van der Waals surface area contributed by atoms with Crippen molar-refractivity contribution in [2.75, 3.05) is 5.32 Å². The van der Waals surface area contributed by atoms with E-state index >= 15 is 0 Å². The number of nitrogens with one attached hydrogen (secondary N) is 2. The average Bonchev–Trinajstić information content (AvgIpc) is 2.39. The van der Waals surface area contributed by atoms with E-state index in [1.165, 1.54) is 12.1 Å². The molecule has 0 unspecified atom stereocenters. The first kappa shape index (κ1) is 13.5. The topological polar surface area (TPSA) is 41.1 Å². The number of urea groups is 1. The summed E-state index contributed by atoms with van der Waals surface area (Å²) in [6.45, 7) is 0.278. The lowest BCUT2D eigenvalue weighted by molar-refractivity contribution is 0.251. The molecular weight excluding hydrogens is 311 g/mol. The monoisotopic (exact) mass is 322 g/mol. The summed E-state index contributed by atoms with van der Waals surface area (Å²) in [7, 11) is 0. The molecule has 0 aromatic heterocycles. The number of hydrogen-bond acceptors (Lipinski definition) is 1. The molecule has 0 aliphatic carbocycles. The van der Waals surface area contributed by atoms with E-state index in [1.54, 1.807) is 24.3 Å². The summed E-state index contributed by atoms with van der Waals surface area (Å²) in [4.78, 5) is 11.6. The molecule has 0 radical (unpaired) electrons. The van der Waals surface area contributed by atoms with Gasteiger partial charge >= 0.3 is 6.03 Å². The highest BCUT2D eigenvalue weighted by Crippen LogP contribution is 2.13. The van der Waals surface area contributed by atoms with E-state index in [9.17, 15) is 9.18 Å². The maximum atomic E-state index is 12.9. The first-order chi connectivity index (χ1) is 9.13. The molecule has 2 aromatic carbocycles. The summed E-state index contributed by atoms with van der Waals surface area (Å²) in [5.41, 5.74) is 1.41. The molecule has 2 amide bonds. The lowest BCUT2D eigenvalue weighted by Crippen LogP contribution is -2.28. The fourth-order valence-electron chi connectivity index (χ4n) is 1.54. The fraction of sp³-hybridized carbons (Fsp3) is 0.0714. The second-order valence-electron chi connectivity index (χ2n) is 3.94. The van der Waals surface area contributed by atoms with Gasteiger partial charge in [0.1, 0.15) is 5.82 Å². The van der Waals surface area contributed by atoms with E-state index in [1.807, 2.05) is 12.1 Å². The molecule has 0 saturated carbocycles. The van der Waals surface area contributed by atoms with Crippen molar-refractivity contribution in [3.63, 3.8) is 0 Å². The predicted molar refractivity (Wildman–Crippen MR) is 76.4 cm³/mol. The second-order valence-corrected chi connectivity index (χ2v) is 4.86. The molecule has 0 heterocycles. The van der Waals surface area contributed by atoms with Gasteiger partial charge in [-0.05, 0) is 42.0 Å². The number of rotatable bonds is 3. The number of carbonyl (C=O) groups excluding carboxylic acids is 1. The van der Waals surface area contributed by atoms with Gasteiger partial charge in [0.05, 0.1) is 0 Å². The Labute approximate surface area is 119 Å². The van der Waals surface area contributed by atoms with Crippen LogP contribution in [0.2, 0.25) is 0 Å². The molecule has 0 atom stereocenters. The van der Waals surface area contributed by atoms with Crippen LogP contribution in [0.3, 0.4) is 0 Å². The van der Waals surface area contributed by atoms with Crippen molar-refractivity contribution in [2.24, 2.45) is 0 Å². The standard InChI is InChI=1S/C14H12BrFN2O/c15-11-4-6-13(7-5-11)18-14(19)17-9-10-2-1-3-12(16)8-10/h1-8H,9H2,(H2,17,18,19). The van der Waals surface area contributed by atoms with Crippen molar-refractivity contribution in [3.05, 3.63) is 64.4 Å². The first-order valence-electron chi connectivity index (χ1n) is 5.68. The molecule has 2 N–H and O–H groups in total. The first-order valence-corrected chi connectivity index (χ1v) is 6.47. The third kappa shape index (κ3) is 4.37. The Balaban J connectivity index is 1.86. The van der Waals surface area contributed by atoms with Crippen LogP contribution < -0.4 is 10.6 Å². The zero-order valence-corrected chi connectivity index (χ0v) is 11.6. The third-order valence-electron chi connectivity index (χ3n) is 2.44. The molecule has 98 valence electrons. The molecule has 0 aliphatic rings. The van der Waals surface area contributed by atoms with Crippen LogP contribution in [0.4, 0.5) is 14.9 Å². The highest BCUT2D eigenvalue weighted by Gasteiger charge is 2.02. The van der Waals surface area contributed by atoms with E-state index < -0.39 is 0 Å². The van der Waals surface area contributed by atoms with Gasteiger partial charge in [-0.15, -0.1) is 0 Å². The van der Waals surface area contributed by atoms with Crippen LogP contribution in [0, 0.1) is 5.82 Å². The predicted octanol–water partition coefficient (Wildman–Crippen LogP) is 3.91. The Morgan fingerprint density at radius 1 is 1.16 bits per heavy atom. The van der Waals surface area contributed by atoms with Crippen LogP contribution in [0.5, 0.6) is 0 Å². The zero-order chi connectivity index (χ0) is 13.7. The van der Waals surface area contributed by atoms with Gasteiger partial charge < -0.3 is 10.6 Å². The molecular formula is C14H12BrFN2O. The number of anilines is 1. The number of amides is 2. The summed E-state index contributed by atoms with van der Waals surface area (Å²) in [6.07, 6.45) is 0. The highest BCUT2D eigenvalue weighted by atomic mass is 79.9. The summed E-state index contributed by atoms with van der Waals surface area (Å²) in [5, 5.41) is 5.35. The van der Waals surface area contributed by atoms with Crippen LogP contribution in [0.1, 0.15) is 5.56 Å². The minimum atomic E-state index is -0.327. The molecule has 2 rings (SSSR count). The van der Waals surface area contributed by atoms with Gasteiger partial charge in [-0.3, -0.25) is 0 Å². The van der Waals surface area contributed by atoms with Gasteiger partial charge in [0.2, 0.25) is 0 Å². The Morgan fingerprint density at radius 3 is 2.58 bits per heavy atom. The van der Waals surface area contributed by atoms with Gasteiger partial charge in [-0.25, -0.2) is 9.18 Å². The van der Waals surface area contributed by atoms with E-state index in [2.05, 4.69) is 26.6 Å². The summed E-state index contributed by atoms with van der Waals surface area (Å²) < 4.78 is 13.9. The molecule has 3 nitrogen and oxygen atoms in total. The van der Waals surface area contributed by atoms with Gasteiger partial charge in [0.25, 0.3) is 0 Å². The van der Waals surface area contributed by atoms with Crippen molar-refractivity contribution in [1.82, 2.24) is 5.32 Å². The minimum Gasteiger partial charge on any atom is -0.334 e. The maximum absolute atomic E-state index is 12.9. The van der Waals surface area contributed by atoms with E-state index in [4.69, 9.17) is 0 Å². The summed E-state index contributed by atoms with van der Waals surface area (Å²) in [5.74, 6) is -0.312. The van der Waals surface area contributed by atoms with Crippen molar-refractivity contribution < 1.29 is 9.18 Å². The number of benzene rings is 2. The quantitative estimate of drug-likeness (QED) is 0.883. The van der Waals surface area contributed by atoms with Crippen LogP contribution >= 0.6 is 15.9 Å². The number of hydrogen-bond donors (Lipinski definition) is 2. The smallest absolute Gasteiger partial charge is 0.319 e. The Morgan fingerprint density at radius 2 is 1.89 bits per heavy atom. The molecule has 5 heteroatoms.